The summed E-state index contributed by atoms with van der Waals surface area (Å²) in [6.45, 7) is -1.07. The van der Waals surface area contributed by atoms with Crippen molar-refractivity contribution >= 4 is 51.0 Å². The molecular formula is C30H28Cl2F2N3O6S2+. The molecule has 9 nitrogen and oxygen atoms in total. The number of thioether (sulfide) groups is 1. The van der Waals surface area contributed by atoms with Crippen LogP contribution in [0.5, 0.6) is 11.5 Å². The second-order valence-electron chi connectivity index (χ2n) is 10.5. The summed E-state index contributed by atoms with van der Waals surface area (Å²) < 4.78 is 71.3. The molecule has 15 heteroatoms. The summed E-state index contributed by atoms with van der Waals surface area (Å²) in [7, 11) is -4.27. The molecule has 0 amide bonds. The molecule has 2 heterocycles. The van der Waals surface area contributed by atoms with E-state index in [-0.39, 0.29) is 45.0 Å². The van der Waals surface area contributed by atoms with Crippen LogP contribution < -0.4 is 14.5 Å². The summed E-state index contributed by atoms with van der Waals surface area (Å²) in [4.78, 5) is 16.4. The number of aromatic nitrogens is 1. The van der Waals surface area contributed by atoms with Gasteiger partial charge in [0.25, 0.3) is 0 Å². The molecule has 1 saturated heterocycles. The van der Waals surface area contributed by atoms with E-state index < -0.39 is 34.1 Å². The Bertz CT molecular complexity index is 1720. The lowest BCUT2D eigenvalue weighted by atomic mass is 10.0. The first-order valence-corrected chi connectivity index (χ1v) is 17.1. The fraction of sp³-hybridized carbons (Fsp3) is 0.367. The van der Waals surface area contributed by atoms with Crippen LogP contribution in [0.1, 0.15) is 41.2 Å². The van der Waals surface area contributed by atoms with E-state index in [0.717, 1.165) is 28.9 Å². The predicted octanol–water partition coefficient (Wildman–Crippen LogP) is 5.97. The zero-order valence-electron chi connectivity index (χ0n) is 23.8. The van der Waals surface area contributed by atoms with Crippen LogP contribution in [0.15, 0.2) is 53.7 Å². The highest BCUT2D eigenvalue weighted by molar-refractivity contribution is 8.02. The zero-order valence-corrected chi connectivity index (χ0v) is 27.0. The number of rotatable bonds is 12. The van der Waals surface area contributed by atoms with E-state index in [0.29, 0.717) is 35.0 Å². The lowest BCUT2D eigenvalue weighted by Gasteiger charge is -2.26. The standard InChI is InChI=1S/C30H27Cl2F2N3O6S2/c1-17-2-5-20(13-35)27(10-17)45(39,40)37-8-9-44-28(37)29(38)42-25(12-21-22(31)14-36-15-23(21)32)19-6-7-24(43-30(33)34)26(11-19)41-16-18-3-4-18/h2,5-7,10-11,14-15,18,25,28,30H,3-4,8-9,12,16H2,1H3/p+1/t25-,28-/m0/s1. The maximum absolute atomic E-state index is 13.8. The minimum Gasteiger partial charge on any atom is -0.489 e. The van der Waals surface area contributed by atoms with Crippen LogP contribution in [0.3, 0.4) is 0 Å². The van der Waals surface area contributed by atoms with Gasteiger partial charge in [-0.05, 0) is 61.1 Å². The van der Waals surface area contributed by atoms with Crippen molar-refractivity contribution in [2.24, 2.45) is 5.92 Å². The number of aromatic amines is 1. The van der Waals surface area contributed by atoms with E-state index in [1.807, 2.05) is 6.07 Å². The molecule has 0 bridgehead atoms. The number of aryl methyl sites for hydroxylation is 1. The van der Waals surface area contributed by atoms with Crippen molar-refractivity contribution in [3.05, 3.63) is 81.1 Å². The first-order chi connectivity index (χ1) is 21.5. The summed E-state index contributed by atoms with van der Waals surface area (Å²) in [5.74, 6) is -0.382. The summed E-state index contributed by atoms with van der Waals surface area (Å²) in [5.41, 5.74) is 1.38. The van der Waals surface area contributed by atoms with Gasteiger partial charge in [0.05, 0.1) is 12.2 Å². The number of carbonyl (C=O) groups is 1. The van der Waals surface area contributed by atoms with Crippen molar-refractivity contribution in [1.82, 2.24) is 4.31 Å². The summed E-state index contributed by atoms with van der Waals surface area (Å²) in [6.07, 6.45) is 3.81. The Hall–Kier alpha value is -3.15. The largest absolute Gasteiger partial charge is 0.489 e. The number of nitriles is 1. The maximum Gasteiger partial charge on any atom is 0.387 e. The highest BCUT2D eigenvalue weighted by Gasteiger charge is 2.43. The lowest BCUT2D eigenvalue weighted by molar-refractivity contribution is -0.377. The molecule has 2 aliphatic rings. The molecule has 1 aliphatic carbocycles. The maximum atomic E-state index is 13.8. The highest BCUT2D eigenvalue weighted by Crippen LogP contribution is 2.39. The Balaban J connectivity index is 1.48. The van der Waals surface area contributed by atoms with Crippen molar-refractivity contribution in [3.63, 3.8) is 0 Å². The summed E-state index contributed by atoms with van der Waals surface area (Å²) >= 11 is 13.9. The van der Waals surface area contributed by atoms with Gasteiger partial charge in [0.2, 0.25) is 10.0 Å². The van der Waals surface area contributed by atoms with E-state index in [9.17, 15) is 27.3 Å². The molecule has 1 N–H and O–H groups in total. The van der Waals surface area contributed by atoms with Gasteiger partial charge in [0.15, 0.2) is 29.3 Å². The quantitative estimate of drug-likeness (QED) is 0.212. The molecule has 2 atom stereocenters. The zero-order chi connectivity index (χ0) is 32.3. The number of alkyl halides is 2. The van der Waals surface area contributed by atoms with Gasteiger partial charge < -0.3 is 14.2 Å². The van der Waals surface area contributed by atoms with Crippen molar-refractivity contribution in [1.29, 1.82) is 5.26 Å². The SMILES string of the molecule is Cc1ccc(C#N)c(S(=O)(=O)N2CCS[C@H]2C(=O)O[C@@H](Cc2c(Cl)c[nH+]cc2Cl)c2ccc(OC(F)F)c(OCC3CC3)c2)c1. The van der Waals surface area contributed by atoms with Crippen molar-refractivity contribution in [3.8, 4) is 17.6 Å². The Morgan fingerprint density at radius 1 is 1.16 bits per heavy atom. The molecule has 1 aliphatic heterocycles. The molecule has 0 spiro atoms. The number of hydrogen-bond acceptors (Lipinski definition) is 8. The number of halogens is 4. The van der Waals surface area contributed by atoms with Crippen LogP contribution in [0.2, 0.25) is 10.0 Å². The van der Waals surface area contributed by atoms with Crippen molar-refractivity contribution < 1.29 is 41.2 Å². The monoisotopic (exact) mass is 698 g/mol. The molecule has 2 fully saturated rings. The number of nitrogens with zero attached hydrogens (tertiary/aromatic N) is 2. The first kappa shape index (κ1) is 33.2. The molecule has 0 radical (unpaired) electrons. The third-order valence-corrected chi connectivity index (χ3v) is 11.2. The van der Waals surface area contributed by atoms with Crippen LogP contribution in [0, 0.1) is 24.2 Å². The highest BCUT2D eigenvalue weighted by atomic mass is 35.5. The number of esters is 1. The first-order valence-electron chi connectivity index (χ1n) is 13.9. The molecule has 5 rings (SSSR count). The number of benzene rings is 2. The van der Waals surface area contributed by atoms with Gasteiger partial charge in [-0.1, -0.05) is 35.3 Å². The van der Waals surface area contributed by atoms with Gasteiger partial charge in [0.1, 0.15) is 27.1 Å². The third-order valence-electron chi connectivity index (χ3n) is 7.27. The van der Waals surface area contributed by atoms with Gasteiger partial charge in [-0.2, -0.15) is 18.3 Å². The predicted molar refractivity (Wildman–Crippen MR) is 163 cm³/mol. The number of ether oxygens (including phenoxy) is 3. The van der Waals surface area contributed by atoms with Gasteiger partial charge in [-0.25, -0.2) is 18.2 Å². The molecule has 1 saturated carbocycles. The molecule has 2 aromatic carbocycles. The van der Waals surface area contributed by atoms with Crippen LogP contribution in [-0.2, 0) is 26.0 Å². The van der Waals surface area contributed by atoms with Gasteiger partial charge in [-0.15, -0.1) is 11.8 Å². The van der Waals surface area contributed by atoms with Crippen LogP contribution in [-0.4, -0.2) is 49.6 Å². The van der Waals surface area contributed by atoms with Crippen LogP contribution in [0.4, 0.5) is 8.78 Å². The van der Waals surface area contributed by atoms with E-state index in [1.165, 1.54) is 42.7 Å². The second kappa shape index (κ2) is 14.1. The third kappa shape index (κ3) is 7.81. The Labute approximate surface area is 273 Å². The van der Waals surface area contributed by atoms with Crippen molar-refractivity contribution in [2.45, 2.75) is 49.2 Å². The number of sulfonamides is 1. The lowest BCUT2D eigenvalue weighted by Crippen LogP contribution is -2.41. The Morgan fingerprint density at radius 3 is 2.56 bits per heavy atom. The fourth-order valence-electron chi connectivity index (χ4n) is 4.75. The van der Waals surface area contributed by atoms with Crippen LogP contribution >= 0.6 is 35.0 Å². The smallest absolute Gasteiger partial charge is 0.387 e. The second-order valence-corrected chi connectivity index (χ2v) is 14.4. The fourth-order valence-corrected chi connectivity index (χ4v) is 8.56. The number of hydrogen-bond donors (Lipinski definition) is 0. The normalized spacial score (nSPS) is 17.6. The number of H-pyrrole nitrogens is 1. The van der Waals surface area contributed by atoms with Crippen molar-refractivity contribution in [2.75, 3.05) is 18.9 Å². The van der Waals surface area contributed by atoms with Crippen LogP contribution in [0.25, 0.3) is 0 Å². The number of carbonyl (C=O) groups excluding carboxylic acids is 1. The number of pyridine rings is 1. The number of nitrogens with one attached hydrogen (secondary N) is 1. The average Bonchev–Trinajstić information content (AvgIpc) is 3.69. The van der Waals surface area contributed by atoms with E-state index >= 15 is 0 Å². The topological polar surface area (TPSA) is 120 Å². The van der Waals surface area contributed by atoms with Gasteiger partial charge in [0, 0.05) is 24.3 Å². The molecule has 238 valence electrons. The minimum absolute atomic E-state index is 0.0151. The van der Waals surface area contributed by atoms with E-state index in [4.69, 9.17) is 32.7 Å². The molecule has 3 aromatic rings. The van der Waals surface area contributed by atoms with E-state index in [1.54, 1.807) is 13.0 Å². The van der Waals surface area contributed by atoms with E-state index in [2.05, 4.69) is 9.72 Å². The Kier molecular flexibility index (Phi) is 10.4. The Morgan fingerprint density at radius 2 is 1.89 bits per heavy atom. The average molecular weight is 700 g/mol. The molecule has 45 heavy (non-hydrogen) atoms. The molecule has 1 aromatic heterocycles. The summed E-state index contributed by atoms with van der Waals surface area (Å²) in [5, 5.41) is 8.83. The van der Waals surface area contributed by atoms with Gasteiger partial charge >= 0.3 is 12.6 Å². The molecular weight excluding hydrogens is 671 g/mol. The van der Waals surface area contributed by atoms with Gasteiger partial charge in [-0.3, -0.25) is 0 Å². The summed E-state index contributed by atoms with van der Waals surface area (Å²) in [6, 6.07) is 10.6. The molecule has 0 unspecified atom stereocenters. The minimum atomic E-state index is -4.27.